The zero-order valence-corrected chi connectivity index (χ0v) is 10.7. The normalized spacial score (nSPS) is 66.2. The molecule has 5 aliphatic heterocycles. The molecule has 10 nitrogen and oxygen atoms in total. The number of hydrogen-bond donors (Lipinski definition) is 6. The Bertz CT molecular complexity index is 574. The third kappa shape index (κ3) is 1.03. The third-order valence-electron chi connectivity index (χ3n) is 5.44. The van der Waals surface area contributed by atoms with Crippen LogP contribution < -0.4 is 11.1 Å². The summed E-state index contributed by atoms with van der Waals surface area (Å²) in [6.45, 7) is -0.696. The zero-order valence-electron chi connectivity index (χ0n) is 10.7. The highest BCUT2D eigenvalue weighted by Gasteiger charge is 2.86. The number of rotatable bonds is 1. The average molecular weight is 301 g/mol. The van der Waals surface area contributed by atoms with Gasteiger partial charge in [-0.2, -0.15) is 0 Å². The van der Waals surface area contributed by atoms with Crippen molar-refractivity contribution in [1.82, 2.24) is 5.32 Å². The number of nitrogens with one attached hydrogen (secondary N) is 1. The number of nitrogens with zero attached hydrogens (tertiary/aromatic N) is 1. The minimum atomic E-state index is -2.13. The van der Waals surface area contributed by atoms with Crippen molar-refractivity contribution >= 4 is 5.96 Å². The van der Waals surface area contributed by atoms with Crippen molar-refractivity contribution in [2.45, 2.75) is 47.8 Å². The quantitative estimate of drug-likeness (QED) is 0.281. The van der Waals surface area contributed by atoms with Gasteiger partial charge >= 0.3 is 5.97 Å². The highest BCUT2D eigenvalue weighted by molar-refractivity contribution is 5.80. The molecule has 1 aliphatic carbocycles. The molecular formula is C11H15N3O7. The fourth-order valence-electron chi connectivity index (χ4n) is 4.65. The second-order valence-corrected chi connectivity index (χ2v) is 6.31. The Kier molecular flexibility index (Phi) is 1.89. The lowest BCUT2D eigenvalue weighted by molar-refractivity contribution is -0.529. The molecule has 0 radical (unpaired) electrons. The van der Waals surface area contributed by atoms with Gasteiger partial charge in [0, 0.05) is 0 Å². The van der Waals surface area contributed by atoms with E-state index in [0.29, 0.717) is 0 Å². The Morgan fingerprint density at radius 1 is 1.29 bits per heavy atom. The minimum absolute atomic E-state index is 0.0795. The molecule has 7 bridgehead atoms. The van der Waals surface area contributed by atoms with Crippen LogP contribution in [0.25, 0.3) is 0 Å². The number of guanidine groups is 1. The van der Waals surface area contributed by atoms with Crippen molar-refractivity contribution in [3.05, 3.63) is 0 Å². The van der Waals surface area contributed by atoms with E-state index < -0.39 is 60.3 Å². The predicted molar refractivity (Wildman–Crippen MR) is 62.4 cm³/mol. The van der Waals surface area contributed by atoms with Gasteiger partial charge in [-0.25, -0.2) is 4.99 Å². The Balaban J connectivity index is 1.77. The highest BCUT2D eigenvalue weighted by atomic mass is 16.9. The summed E-state index contributed by atoms with van der Waals surface area (Å²) in [6, 6.07) is 0. The van der Waals surface area contributed by atoms with E-state index in [-0.39, 0.29) is 5.96 Å². The summed E-state index contributed by atoms with van der Waals surface area (Å²) < 4.78 is 16.4. The molecule has 7 N–H and O–H groups in total. The zero-order chi connectivity index (χ0) is 14.8. The molecule has 116 valence electrons. The number of nitrogens with two attached hydrogens (primary N) is 1. The maximum atomic E-state index is 10.7. The van der Waals surface area contributed by atoms with Crippen molar-refractivity contribution in [2.24, 2.45) is 16.6 Å². The lowest BCUT2D eigenvalue weighted by Crippen LogP contribution is -2.92. The molecule has 0 aromatic carbocycles. The first-order valence-electron chi connectivity index (χ1n) is 6.73. The second-order valence-electron chi connectivity index (χ2n) is 6.31. The molecule has 0 amide bonds. The Labute approximate surface area is 118 Å². The average Bonchev–Trinajstić information content (AvgIpc) is 2.59. The summed E-state index contributed by atoms with van der Waals surface area (Å²) in [4.78, 5) is 4.09. The second kappa shape index (κ2) is 3.18. The summed E-state index contributed by atoms with van der Waals surface area (Å²) in [5, 5.41) is 44.4. The van der Waals surface area contributed by atoms with Crippen LogP contribution in [0.4, 0.5) is 0 Å². The van der Waals surface area contributed by atoms with E-state index in [9.17, 15) is 20.4 Å². The van der Waals surface area contributed by atoms with Crippen molar-refractivity contribution in [2.75, 3.05) is 6.61 Å². The first-order valence-corrected chi connectivity index (χ1v) is 6.73. The summed E-state index contributed by atoms with van der Waals surface area (Å²) >= 11 is 0. The van der Waals surface area contributed by atoms with Gasteiger partial charge in [0.2, 0.25) is 0 Å². The van der Waals surface area contributed by atoms with Crippen LogP contribution in [0, 0.1) is 5.92 Å². The molecule has 1 saturated carbocycles. The fraction of sp³-hybridized carbons (Fsp3) is 0.909. The first kappa shape index (κ1) is 12.5. The van der Waals surface area contributed by atoms with E-state index in [2.05, 4.69) is 10.3 Å². The Morgan fingerprint density at radius 3 is 2.71 bits per heavy atom. The van der Waals surface area contributed by atoms with Crippen LogP contribution in [-0.4, -0.2) is 80.7 Å². The molecule has 6 rings (SSSR count). The SMILES string of the molecule is NC1=NC2OC3[C@@]4(O)OC5C(O)[C@]3(N1)C2C(O4)[C@@]5(O)CO. The molecule has 6 aliphatic rings. The van der Waals surface area contributed by atoms with Crippen LogP contribution >= 0.6 is 0 Å². The highest BCUT2D eigenvalue weighted by Crippen LogP contribution is 2.63. The van der Waals surface area contributed by atoms with Crippen LogP contribution in [-0.2, 0) is 14.2 Å². The predicted octanol–water partition coefficient (Wildman–Crippen LogP) is -4.47. The molecular weight excluding hydrogens is 286 g/mol. The minimum Gasteiger partial charge on any atom is -0.393 e. The molecule has 5 fully saturated rings. The van der Waals surface area contributed by atoms with Crippen molar-refractivity contribution in [3.8, 4) is 0 Å². The summed E-state index contributed by atoms with van der Waals surface area (Å²) in [7, 11) is 0. The molecule has 4 saturated heterocycles. The van der Waals surface area contributed by atoms with Crippen LogP contribution in [0.5, 0.6) is 0 Å². The number of aliphatic imine (C=N–C) groups is 1. The summed E-state index contributed by atoms with van der Waals surface area (Å²) in [5.74, 6) is -2.66. The maximum Gasteiger partial charge on any atom is 0.311 e. The van der Waals surface area contributed by atoms with Crippen molar-refractivity contribution in [1.29, 1.82) is 0 Å². The van der Waals surface area contributed by atoms with E-state index in [4.69, 9.17) is 19.9 Å². The van der Waals surface area contributed by atoms with Gasteiger partial charge in [0.1, 0.15) is 29.5 Å². The monoisotopic (exact) mass is 301 g/mol. The lowest BCUT2D eigenvalue weighted by atomic mass is 9.56. The van der Waals surface area contributed by atoms with Gasteiger partial charge in [0.05, 0.1) is 12.5 Å². The van der Waals surface area contributed by atoms with Gasteiger partial charge in [-0.3, -0.25) is 0 Å². The maximum absolute atomic E-state index is 10.7. The summed E-state index contributed by atoms with van der Waals surface area (Å²) in [5.41, 5.74) is 2.70. The largest absolute Gasteiger partial charge is 0.393 e. The van der Waals surface area contributed by atoms with Gasteiger partial charge in [-0.1, -0.05) is 0 Å². The third-order valence-corrected chi connectivity index (χ3v) is 5.44. The Morgan fingerprint density at radius 2 is 2.00 bits per heavy atom. The van der Waals surface area contributed by atoms with Gasteiger partial charge in [-0.15, -0.1) is 0 Å². The van der Waals surface area contributed by atoms with Crippen LogP contribution in [0.2, 0.25) is 0 Å². The number of aliphatic hydroxyl groups is 4. The molecule has 10 heteroatoms. The Hall–Kier alpha value is -1.01. The van der Waals surface area contributed by atoms with E-state index >= 15 is 0 Å². The molecule has 0 aromatic heterocycles. The van der Waals surface area contributed by atoms with Crippen LogP contribution in [0.1, 0.15) is 0 Å². The molecule has 5 heterocycles. The van der Waals surface area contributed by atoms with Gasteiger partial charge < -0.3 is 45.7 Å². The first-order chi connectivity index (χ1) is 9.87. The van der Waals surface area contributed by atoms with E-state index in [0.717, 1.165) is 0 Å². The van der Waals surface area contributed by atoms with Gasteiger partial charge in [0.15, 0.2) is 18.3 Å². The van der Waals surface area contributed by atoms with E-state index in [1.165, 1.54) is 0 Å². The van der Waals surface area contributed by atoms with Crippen LogP contribution in [0.15, 0.2) is 4.99 Å². The topological polar surface area (TPSA) is 159 Å². The standard InChI is InChI=1S/C11H15N3O7/c12-8-13-6-2-4-9(17,1-15)5-3(16)10(2,14-8)7(19-6)11(18,20-4)21-5/h2-7,15-18H,1H2,(H3,12,13,14)/t2?,3?,4?,5?,6?,7?,9-,10+,11-/m0/s1. The van der Waals surface area contributed by atoms with Crippen LogP contribution in [0.3, 0.4) is 0 Å². The smallest absolute Gasteiger partial charge is 0.311 e. The lowest BCUT2D eigenvalue weighted by Gasteiger charge is -2.68. The van der Waals surface area contributed by atoms with Crippen molar-refractivity contribution in [3.63, 3.8) is 0 Å². The molecule has 1 spiro atoms. The van der Waals surface area contributed by atoms with E-state index in [1.54, 1.807) is 0 Å². The molecule has 21 heavy (non-hydrogen) atoms. The van der Waals surface area contributed by atoms with Gasteiger partial charge in [0.25, 0.3) is 0 Å². The van der Waals surface area contributed by atoms with Gasteiger partial charge in [-0.05, 0) is 0 Å². The summed E-state index contributed by atoms with van der Waals surface area (Å²) in [6.07, 6.45) is -5.35. The molecule has 6 unspecified atom stereocenters. The molecule has 9 atom stereocenters. The fourth-order valence-corrected chi connectivity index (χ4v) is 4.65. The number of ether oxygens (including phenoxy) is 3. The number of aliphatic hydroxyl groups excluding tert-OH is 2. The molecule has 0 aromatic rings. The van der Waals surface area contributed by atoms with E-state index in [1.807, 2.05) is 0 Å². The van der Waals surface area contributed by atoms with Crippen molar-refractivity contribution < 1.29 is 34.6 Å². The number of hydrogen-bond acceptors (Lipinski definition) is 10.